The third-order valence-electron chi connectivity index (χ3n) is 4.90. The first kappa shape index (κ1) is 31.2. The van der Waals surface area contributed by atoms with Crippen LogP contribution in [0.3, 0.4) is 0 Å². The molecule has 0 saturated heterocycles. The Morgan fingerprint density at radius 2 is 1.38 bits per heavy atom. The predicted molar refractivity (Wildman–Crippen MR) is 132 cm³/mol. The molecule has 0 aromatic heterocycles. The third-order valence-corrected chi connectivity index (χ3v) is 4.90. The van der Waals surface area contributed by atoms with E-state index in [-0.39, 0.29) is 25.9 Å². The molecular weight excluding hydrogens is 486 g/mol. The van der Waals surface area contributed by atoms with Gasteiger partial charge in [0, 0.05) is 0 Å². The number of amides is 3. The smallest absolute Gasteiger partial charge is 0.408 e. The molecular formula is C25H37N3O9. The lowest BCUT2D eigenvalue weighted by molar-refractivity contribution is -0.145. The van der Waals surface area contributed by atoms with Crippen LogP contribution in [0.5, 0.6) is 0 Å². The number of carbonyl (C=O) groups excluding carboxylic acids is 5. The summed E-state index contributed by atoms with van der Waals surface area (Å²) in [5, 5.41) is 7.41. The summed E-state index contributed by atoms with van der Waals surface area (Å²) in [6.45, 7) is 6.47. The second-order valence-electron chi connectivity index (χ2n) is 9.16. The first-order valence-electron chi connectivity index (χ1n) is 11.8. The Kier molecular flexibility index (Phi) is 12.9. The van der Waals surface area contributed by atoms with E-state index in [0.29, 0.717) is 0 Å². The quantitative estimate of drug-likeness (QED) is 0.276. The highest BCUT2D eigenvalue weighted by Gasteiger charge is 2.28. The van der Waals surface area contributed by atoms with Gasteiger partial charge in [0.15, 0.2) is 0 Å². The summed E-state index contributed by atoms with van der Waals surface area (Å²) in [6.07, 6.45) is -1.29. The van der Waals surface area contributed by atoms with Gasteiger partial charge in [0.1, 0.15) is 30.3 Å². The lowest BCUT2D eigenvalue weighted by Crippen LogP contribution is -2.51. The monoisotopic (exact) mass is 523 g/mol. The zero-order valence-corrected chi connectivity index (χ0v) is 22.1. The summed E-state index contributed by atoms with van der Waals surface area (Å²) < 4.78 is 19.7. The second kappa shape index (κ2) is 15.3. The van der Waals surface area contributed by atoms with Crippen molar-refractivity contribution in [2.45, 2.75) is 77.3 Å². The minimum absolute atomic E-state index is 0.0101. The molecule has 1 aromatic carbocycles. The highest BCUT2D eigenvalue weighted by Crippen LogP contribution is 2.11. The molecule has 12 heteroatoms. The van der Waals surface area contributed by atoms with Crippen LogP contribution >= 0.6 is 0 Å². The van der Waals surface area contributed by atoms with Gasteiger partial charge in [-0.3, -0.25) is 4.79 Å². The summed E-state index contributed by atoms with van der Waals surface area (Å²) in [5.41, 5.74) is -0.0130. The van der Waals surface area contributed by atoms with E-state index in [1.165, 1.54) is 21.1 Å². The lowest BCUT2D eigenvalue weighted by atomic mass is 10.0. The second-order valence-corrected chi connectivity index (χ2v) is 9.16. The van der Waals surface area contributed by atoms with Gasteiger partial charge in [-0.05, 0) is 52.5 Å². The van der Waals surface area contributed by atoms with Gasteiger partial charge in [0.25, 0.3) is 0 Å². The molecule has 1 aromatic rings. The van der Waals surface area contributed by atoms with Crippen LogP contribution in [0, 0.1) is 0 Å². The zero-order valence-electron chi connectivity index (χ0n) is 22.1. The highest BCUT2D eigenvalue weighted by molar-refractivity contribution is 5.89. The molecule has 3 amide bonds. The summed E-state index contributed by atoms with van der Waals surface area (Å²) in [7, 11) is 2.37. The number of rotatable bonds is 12. The number of benzene rings is 1. The first-order valence-corrected chi connectivity index (χ1v) is 11.8. The van der Waals surface area contributed by atoms with Gasteiger partial charge >= 0.3 is 24.1 Å². The van der Waals surface area contributed by atoms with E-state index in [1.54, 1.807) is 45.0 Å². The fourth-order valence-corrected chi connectivity index (χ4v) is 3.09. The number of ether oxygens (including phenoxy) is 4. The number of methoxy groups -OCH3 is 2. The molecule has 0 saturated carbocycles. The summed E-state index contributed by atoms with van der Waals surface area (Å²) in [5.74, 6) is -2.00. The SMILES string of the molecule is COC(=O)[C@@H](C)NC(=O)[C@H](CCC[C@@H](NC(=O)OC(C)(C)C)C(=O)OC)NC(=O)OCc1ccccc1. The van der Waals surface area contributed by atoms with Crippen molar-refractivity contribution >= 4 is 30.0 Å². The number of carbonyl (C=O) groups is 5. The van der Waals surface area contributed by atoms with Gasteiger partial charge in [-0.2, -0.15) is 0 Å². The fraction of sp³-hybridized carbons (Fsp3) is 0.560. The number of nitrogens with one attached hydrogen (secondary N) is 3. The molecule has 206 valence electrons. The fourth-order valence-electron chi connectivity index (χ4n) is 3.09. The lowest BCUT2D eigenvalue weighted by Gasteiger charge is -2.23. The molecule has 0 aliphatic heterocycles. The van der Waals surface area contributed by atoms with Crippen LogP contribution in [0.15, 0.2) is 30.3 Å². The van der Waals surface area contributed by atoms with Gasteiger partial charge in [-0.15, -0.1) is 0 Å². The van der Waals surface area contributed by atoms with Crippen molar-refractivity contribution in [3.8, 4) is 0 Å². The van der Waals surface area contributed by atoms with E-state index >= 15 is 0 Å². The van der Waals surface area contributed by atoms with E-state index in [4.69, 9.17) is 14.2 Å². The zero-order chi connectivity index (χ0) is 28.0. The Labute approximate surface area is 216 Å². The molecule has 12 nitrogen and oxygen atoms in total. The Bertz CT molecular complexity index is 916. The van der Waals surface area contributed by atoms with Gasteiger partial charge in [0.2, 0.25) is 5.91 Å². The minimum Gasteiger partial charge on any atom is -0.467 e. The van der Waals surface area contributed by atoms with Crippen molar-refractivity contribution in [2.24, 2.45) is 0 Å². The minimum atomic E-state index is -1.10. The Morgan fingerprint density at radius 3 is 1.95 bits per heavy atom. The number of esters is 2. The molecule has 0 aliphatic rings. The van der Waals surface area contributed by atoms with Crippen molar-refractivity contribution in [3.63, 3.8) is 0 Å². The van der Waals surface area contributed by atoms with Crippen molar-refractivity contribution in [3.05, 3.63) is 35.9 Å². The van der Waals surface area contributed by atoms with Crippen molar-refractivity contribution in [1.29, 1.82) is 0 Å². The van der Waals surface area contributed by atoms with Crippen LogP contribution in [0.4, 0.5) is 9.59 Å². The molecule has 0 spiro atoms. The highest BCUT2D eigenvalue weighted by atomic mass is 16.6. The number of hydrogen-bond donors (Lipinski definition) is 3. The van der Waals surface area contributed by atoms with E-state index in [0.717, 1.165) is 5.56 Å². The Balaban J connectivity index is 2.83. The molecule has 0 aliphatic carbocycles. The maximum absolute atomic E-state index is 12.8. The largest absolute Gasteiger partial charge is 0.467 e. The van der Waals surface area contributed by atoms with Crippen LogP contribution < -0.4 is 16.0 Å². The molecule has 1 rings (SSSR count). The van der Waals surface area contributed by atoms with Crippen LogP contribution in [0.25, 0.3) is 0 Å². The topological polar surface area (TPSA) is 158 Å². The third kappa shape index (κ3) is 12.6. The number of hydrogen-bond acceptors (Lipinski definition) is 9. The molecule has 0 fully saturated rings. The van der Waals surface area contributed by atoms with Crippen LogP contribution in [0.1, 0.15) is 52.5 Å². The molecule has 3 N–H and O–H groups in total. The van der Waals surface area contributed by atoms with Gasteiger partial charge in [0.05, 0.1) is 14.2 Å². The maximum Gasteiger partial charge on any atom is 0.408 e. The summed E-state index contributed by atoms with van der Waals surface area (Å²) in [4.78, 5) is 61.2. The van der Waals surface area contributed by atoms with E-state index in [2.05, 4.69) is 20.7 Å². The average Bonchev–Trinajstić information content (AvgIpc) is 2.84. The Hall–Kier alpha value is -3.83. The van der Waals surface area contributed by atoms with Crippen molar-refractivity contribution < 1.29 is 42.9 Å². The van der Waals surface area contributed by atoms with Crippen LogP contribution in [-0.4, -0.2) is 68.0 Å². The summed E-state index contributed by atoms with van der Waals surface area (Å²) in [6, 6.07) is 5.87. The van der Waals surface area contributed by atoms with E-state index < -0.39 is 53.8 Å². The van der Waals surface area contributed by atoms with E-state index in [1.807, 2.05) is 6.07 Å². The average molecular weight is 524 g/mol. The standard InChI is InChI=1S/C25H37N3O9/c1-16(21(30)34-5)26-20(29)18(27-23(32)36-15-17-11-8-7-9-12-17)13-10-14-19(22(31)35-6)28-24(33)37-25(2,3)4/h7-9,11-12,16,18-19H,10,13-15H2,1-6H3,(H,26,29)(H,27,32)(H,28,33)/t16-,18+,19-/m1/s1. The molecule has 0 heterocycles. The maximum atomic E-state index is 12.8. The predicted octanol–water partition coefficient (Wildman–Crippen LogP) is 2.20. The van der Waals surface area contributed by atoms with Gasteiger partial charge in [-0.25, -0.2) is 19.2 Å². The molecule has 37 heavy (non-hydrogen) atoms. The molecule has 0 bridgehead atoms. The van der Waals surface area contributed by atoms with Crippen molar-refractivity contribution in [2.75, 3.05) is 14.2 Å². The van der Waals surface area contributed by atoms with Crippen molar-refractivity contribution in [1.82, 2.24) is 16.0 Å². The summed E-state index contributed by atoms with van der Waals surface area (Å²) >= 11 is 0. The molecule has 0 radical (unpaired) electrons. The Morgan fingerprint density at radius 1 is 0.811 bits per heavy atom. The number of alkyl carbamates (subject to hydrolysis) is 2. The van der Waals surface area contributed by atoms with Gasteiger partial charge < -0.3 is 34.9 Å². The normalized spacial score (nSPS) is 13.2. The molecule has 0 unspecified atom stereocenters. The molecule has 3 atom stereocenters. The van der Waals surface area contributed by atoms with E-state index in [9.17, 15) is 24.0 Å². The van der Waals surface area contributed by atoms with Crippen LogP contribution in [-0.2, 0) is 39.9 Å². The van der Waals surface area contributed by atoms with Gasteiger partial charge in [-0.1, -0.05) is 30.3 Å². The first-order chi connectivity index (χ1) is 17.4. The van der Waals surface area contributed by atoms with Crippen LogP contribution in [0.2, 0.25) is 0 Å².